The Bertz CT molecular complexity index is 589. The van der Waals surface area contributed by atoms with Gasteiger partial charge in [-0.2, -0.15) is 0 Å². The van der Waals surface area contributed by atoms with Gasteiger partial charge in [0.05, 0.1) is 6.04 Å². The van der Waals surface area contributed by atoms with Gasteiger partial charge in [-0.1, -0.05) is 34.6 Å². The molecule has 168 valence electrons. The summed E-state index contributed by atoms with van der Waals surface area (Å²) in [5.41, 5.74) is -0.839. The number of rotatable bonds is 7. The van der Waals surface area contributed by atoms with Gasteiger partial charge in [-0.3, -0.25) is 9.59 Å². The van der Waals surface area contributed by atoms with Crippen LogP contribution in [-0.4, -0.2) is 58.1 Å². The van der Waals surface area contributed by atoms with Crippen LogP contribution in [0.5, 0.6) is 0 Å². The summed E-state index contributed by atoms with van der Waals surface area (Å²) in [6.45, 7) is 15.7. The summed E-state index contributed by atoms with van der Waals surface area (Å²) in [5.74, 6) is -1.06. The Kier molecular flexibility index (Phi) is 8.69. The molecule has 1 heterocycles. The molecule has 1 saturated heterocycles. The van der Waals surface area contributed by atoms with Crippen LogP contribution in [0.25, 0.3) is 0 Å². The van der Waals surface area contributed by atoms with Gasteiger partial charge in [0.2, 0.25) is 5.91 Å². The van der Waals surface area contributed by atoms with Crippen LogP contribution >= 0.6 is 0 Å². The van der Waals surface area contributed by atoms with Gasteiger partial charge in [0.1, 0.15) is 11.6 Å². The number of carbonyl (C=O) groups is 3. The maximum absolute atomic E-state index is 12.7. The van der Waals surface area contributed by atoms with Crippen molar-refractivity contribution in [2.24, 2.45) is 11.3 Å². The topological polar surface area (TPSA) is 95.9 Å². The number of hydrogen-bond donors (Lipinski definition) is 2. The van der Waals surface area contributed by atoms with E-state index in [9.17, 15) is 19.5 Å². The number of aliphatic hydroxyl groups excluding tert-OH is 1. The molecule has 0 radical (unpaired) electrons. The van der Waals surface area contributed by atoms with Crippen molar-refractivity contribution in [3.8, 4) is 0 Å². The highest BCUT2D eigenvalue weighted by atomic mass is 16.6. The molecule has 2 amide bonds. The number of nitrogens with zero attached hydrogens (tertiary/aromatic N) is 1. The van der Waals surface area contributed by atoms with Crippen LogP contribution in [0.2, 0.25) is 0 Å². The third-order valence-corrected chi connectivity index (χ3v) is 4.65. The fraction of sp³-hybridized carbons (Fsp3) is 0.864. The van der Waals surface area contributed by atoms with Gasteiger partial charge in [0.15, 0.2) is 6.10 Å². The molecule has 0 aromatic rings. The van der Waals surface area contributed by atoms with Crippen molar-refractivity contribution >= 4 is 17.8 Å². The van der Waals surface area contributed by atoms with E-state index in [1.165, 1.54) is 0 Å². The Balaban J connectivity index is 2.85. The molecule has 1 aliphatic heterocycles. The highest BCUT2D eigenvalue weighted by Crippen LogP contribution is 2.26. The number of esters is 1. The van der Waals surface area contributed by atoms with Gasteiger partial charge in [-0.15, -0.1) is 0 Å². The Labute approximate surface area is 175 Å². The summed E-state index contributed by atoms with van der Waals surface area (Å²) in [5, 5.41) is 13.3. The van der Waals surface area contributed by atoms with Gasteiger partial charge >= 0.3 is 5.97 Å². The minimum atomic E-state index is -1.38. The van der Waals surface area contributed by atoms with E-state index in [4.69, 9.17) is 4.74 Å². The van der Waals surface area contributed by atoms with E-state index in [0.717, 1.165) is 6.42 Å². The Morgan fingerprint density at radius 1 is 1.14 bits per heavy atom. The lowest BCUT2D eigenvalue weighted by molar-refractivity contribution is -0.160. The largest absolute Gasteiger partial charge is 0.458 e. The second kappa shape index (κ2) is 9.92. The van der Waals surface area contributed by atoms with Gasteiger partial charge in [0, 0.05) is 13.0 Å². The first-order valence-electron chi connectivity index (χ1n) is 10.6. The minimum absolute atomic E-state index is 0.0577. The van der Waals surface area contributed by atoms with E-state index in [1.54, 1.807) is 25.7 Å². The van der Waals surface area contributed by atoms with Crippen molar-refractivity contribution in [3.05, 3.63) is 0 Å². The molecule has 3 atom stereocenters. The molecule has 0 saturated carbocycles. The van der Waals surface area contributed by atoms with E-state index in [0.29, 0.717) is 25.8 Å². The highest BCUT2D eigenvalue weighted by Gasteiger charge is 2.39. The lowest BCUT2D eigenvalue weighted by Crippen LogP contribution is -2.54. The van der Waals surface area contributed by atoms with Gasteiger partial charge in [-0.05, 0) is 51.4 Å². The van der Waals surface area contributed by atoms with Crippen LogP contribution in [0.4, 0.5) is 0 Å². The molecule has 0 aromatic heterocycles. The maximum atomic E-state index is 12.7. The van der Waals surface area contributed by atoms with E-state index >= 15 is 0 Å². The average Bonchev–Trinajstić information content (AvgIpc) is 2.99. The van der Waals surface area contributed by atoms with Crippen molar-refractivity contribution in [1.82, 2.24) is 10.2 Å². The summed E-state index contributed by atoms with van der Waals surface area (Å²) < 4.78 is 5.42. The summed E-state index contributed by atoms with van der Waals surface area (Å²) >= 11 is 0. The maximum Gasteiger partial charge on any atom is 0.329 e. The van der Waals surface area contributed by atoms with Crippen LogP contribution in [0.15, 0.2) is 0 Å². The Morgan fingerprint density at radius 2 is 1.72 bits per heavy atom. The summed E-state index contributed by atoms with van der Waals surface area (Å²) in [6.07, 6.45) is 0.688. The van der Waals surface area contributed by atoms with E-state index in [2.05, 4.69) is 5.32 Å². The first kappa shape index (κ1) is 25.4. The summed E-state index contributed by atoms with van der Waals surface area (Å²) in [4.78, 5) is 39.5. The molecule has 0 bridgehead atoms. The second-order valence-corrected chi connectivity index (χ2v) is 10.7. The number of amides is 2. The number of carbonyl (C=O) groups excluding carboxylic acids is 3. The van der Waals surface area contributed by atoms with Crippen LogP contribution in [-0.2, 0) is 19.1 Å². The van der Waals surface area contributed by atoms with Crippen molar-refractivity contribution in [3.63, 3.8) is 0 Å². The van der Waals surface area contributed by atoms with Gasteiger partial charge in [-0.25, -0.2) is 4.79 Å². The summed E-state index contributed by atoms with van der Waals surface area (Å²) in [7, 11) is 0. The van der Waals surface area contributed by atoms with E-state index < -0.39 is 35.7 Å². The van der Waals surface area contributed by atoms with Crippen LogP contribution in [0.1, 0.15) is 81.1 Å². The monoisotopic (exact) mass is 412 g/mol. The Hall–Kier alpha value is -1.63. The third kappa shape index (κ3) is 8.72. The van der Waals surface area contributed by atoms with Crippen molar-refractivity contribution < 1.29 is 24.2 Å². The smallest absolute Gasteiger partial charge is 0.329 e. The SMILES string of the molecule is CC(C)C[C@@H](NC(=O)C(O)[C@@H]1CCCN1C(=O)CC(C)(C)C)C(=O)OC(C)(C)C. The predicted octanol–water partition coefficient (Wildman–Crippen LogP) is 2.65. The zero-order chi connectivity index (χ0) is 22.6. The first-order chi connectivity index (χ1) is 13.1. The lowest BCUT2D eigenvalue weighted by Gasteiger charge is -2.31. The zero-order valence-corrected chi connectivity index (χ0v) is 19.4. The Morgan fingerprint density at radius 3 is 2.21 bits per heavy atom. The molecule has 1 rings (SSSR count). The molecular formula is C22H40N2O5. The third-order valence-electron chi connectivity index (χ3n) is 4.65. The number of aliphatic hydroxyl groups is 1. The van der Waals surface area contributed by atoms with Crippen molar-refractivity contribution in [2.45, 2.75) is 105 Å². The molecule has 0 aromatic carbocycles. The molecule has 1 unspecified atom stereocenters. The quantitative estimate of drug-likeness (QED) is 0.627. The van der Waals surface area contributed by atoms with Crippen LogP contribution in [0, 0.1) is 11.3 Å². The molecule has 0 aliphatic carbocycles. The number of hydrogen-bond acceptors (Lipinski definition) is 5. The van der Waals surface area contributed by atoms with Crippen LogP contribution in [0.3, 0.4) is 0 Å². The molecule has 0 spiro atoms. The standard InChI is InChI=1S/C22H40N2O5/c1-14(2)12-15(20(28)29-22(6,7)8)23-19(27)18(26)16-10-9-11-24(16)17(25)13-21(3,4)5/h14-16,18,26H,9-13H2,1-8H3,(H,23,27)/t15-,16+,18?/m1/s1. The van der Waals surface area contributed by atoms with Crippen molar-refractivity contribution in [1.29, 1.82) is 0 Å². The van der Waals surface area contributed by atoms with Crippen molar-refractivity contribution in [2.75, 3.05) is 6.54 Å². The molecular weight excluding hydrogens is 372 g/mol. The van der Waals surface area contributed by atoms with E-state index in [1.807, 2.05) is 34.6 Å². The number of likely N-dealkylation sites (tertiary alicyclic amines) is 1. The molecule has 7 heteroatoms. The van der Waals surface area contributed by atoms with E-state index in [-0.39, 0.29) is 17.2 Å². The molecule has 29 heavy (non-hydrogen) atoms. The molecule has 2 N–H and O–H groups in total. The molecule has 1 fully saturated rings. The lowest BCUT2D eigenvalue weighted by atomic mass is 9.91. The predicted molar refractivity (Wildman–Crippen MR) is 112 cm³/mol. The highest BCUT2D eigenvalue weighted by molar-refractivity contribution is 5.88. The van der Waals surface area contributed by atoms with Gasteiger partial charge in [0.25, 0.3) is 5.91 Å². The number of nitrogens with one attached hydrogen (secondary N) is 1. The molecule has 7 nitrogen and oxygen atoms in total. The summed E-state index contributed by atoms with van der Waals surface area (Å²) in [6, 6.07) is -1.40. The number of ether oxygens (including phenoxy) is 1. The minimum Gasteiger partial charge on any atom is -0.458 e. The zero-order valence-electron chi connectivity index (χ0n) is 19.4. The molecule has 1 aliphatic rings. The first-order valence-corrected chi connectivity index (χ1v) is 10.6. The van der Waals surface area contributed by atoms with Gasteiger partial charge < -0.3 is 20.1 Å². The average molecular weight is 413 g/mol. The fourth-order valence-corrected chi connectivity index (χ4v) is 3.48. The fourth-order valence-electron chi connectivity index (χ4n) is 3.48. The second-order valence-electron chi connectivity index (χ2n) is 10.7. The van der Waals surface area contributed by atoms with Crippen LogP contribution < -0.4 is 5.32 Å². The normalized spacial score (nSPS) is 19.8.